The summed E-state index contributed by atoms with van der Waals surface area (Å²) in [5, 5.41) is 12.5. The third-order valence-corrected chi connectivity index (χ3v) is 9.03. The van der Waals surface area contributed by atoms with Crippen molar-refractivity contribution in [1.29, 1.82) is 0 Å². The molecule has 0 aliphatic heterocycles. The Hall–Kier alpha value is -5.92. The maximum absolute atomic E-state index is 6.21. The molecule has 0 unspecified atom stereocenters. The van der Waals surface area contributed by atoms with Gasteiger partial charge in [0.05, 0.1) is 0 Å². The van der Waals surface area contributed by atoms with Gasteiger partial charge in [0.25, 0.3) is 0 Å². The van der Waals surface area contributed by atoms with Crippen LogP contribution in [0.4, 0.5) is 0 Å². The van der Waals surface area contributed by atoms with Crippen LogP contribution in [0.5, 0.6) is 0 Å². The van der Waals surface area contributed by atoms with E-state index in [0.717, 1.165) is 22.3 Å². The minimum atomic E-state index is 0.937. The Bertz CT molecular complexity index is 2470. The molecular formula is C44H31N. The fourth-order valence-corrected chi connectivity index (χ4v) is 6.71. The Kier molecular flexibility index (Phi) is 6.51. The lowest BCUT2D eigenvalue weighted by Crippen LogP contribution is -1.90. The van der Waals surface area contributed by atoms with Gasteiger partial charge in [0.2, 0.25) is 0 Å². The molecule has 1 nitrogen and oxygen atoms in total. The molecule has 0 amide bonds. The van der Waals surface area contributed by atoms with Crippen LogP contribution in [0.2, 0.25) is 0 Å². The lowest BCUT2D eigenvalue weighted by molar-refractivity contribution is 1.57. The van der Waals surface area contributed by atoms with Crippen LogP contribution in [-0.4, -0.2) is 0 Å². The first-order valence-corrected chi connectivity index (χ1v) is 15.3. The van der Waals surface area contributed by atoms with E-state index in [0.29, 0.717) is 0 Å². The number of allylic oxidation sites excluding steroid dienone is 4. The normalized spacial score (nSPS) is 12.2. The van der Waals surface area contributed by atoms with Gasteiger partial charge >= 0.3 is 0 Å². The first kappa shape index (κ1) is 26.7. The van der Waals surface area contributed by atoms with Crippen molar-refractivity contribution in [3.8, 4) is 11.1 Å². The quantitative estimate of drug-likeness (QED) is 0.161. The summed E-state index contributed by atoms with van der Waals surface area (Å²) in [5.74, 6) is 0. The molecule has 8 aromatic carbocycles. The van der Waals surface area contributed by atoms with Crippen molar-refractivity contribution in [1.82, 2.24) is 0 Å². The average molecular weight is 574 g/mol. The van der Waals surface area contributed by atoms with Crippen molar-refractivity contribution in [2.24, 2.45) is 5.73 Å². The van der Waals surface area contributed by atoms with E-state index in [1.54, 1.807) is 6.20 Å². The Labute approximate surface area is 262 Å². The van der Waals surface area contributed by atoms with Gasteiger partial charge in [-0.3, -0.25) is 0 Å². The molecule has 0 saturated heterocycles. The van der Waals surface area contributed by atoms with Crippen LogP contribution in [0.25, 0.3) is 76.1 Å². The highest BCUT2D eigenvalue weighted by Crippen LogP contribution is 2.37. The Morgan fingerprint density at radius 3 is 1.76 bits per heavy atom. The van der Waals surface area contributed by atoms with Crippen molar-refractivity contribution in [3.63, 3.8) is 0 Å². The predicted molar refractivity (Wildman–Crippen MR) is 196 cm³/mol. The smallest absolute Gasteiger partial charge is 0.00175 e. The van der Waals surface area contributed by atoms with Crippen LogP contribution in [0, 0.1) is 0 Å². The van der Waals surface area contributed by atoms with Crippen molar-refractivity contribution in [3.05, 3.63) is 182 Å². The lowest BCUT2D eigenvalue weighted by atomic mass is 9.92. The van der Waals surface area contributed by atoms with E-state index < -0.39 is 0 Å². The third kappa shape index (κ3) is 4.67. The molecule has 0 radical (unpaired) electrons. The average Bonchev–Trinajstić information content (AvgIpc) is 3.11. The maximum Gasteiger partial charge on any atom is 0.00175 e. The fraction of sp³-hybridized carbons (Fsp3) is 0. The van der Waals surface area contributed by atoms with E-state index in [1.807, 2.05) is 0 Å². The molecule has 212 valence electrons. The van der Waals surface area contributed by atoms with Crippen LogP contribution < -0.4 is 5.73 Å². The highest BCUT2D eigenvalue weighted by atomic mass is 14.5. The molecule has 0 spiro atoms. The summed E-state index contributed by atoms with van der Waals surface area (Å²) in [4.78, 5) is 0. The molecule has 45 heavy (non-hydrogen) atoms. The Morgan fingerprint density at radius 2 is 1.02 bits per heavy atom. The zero-order valence-corrected chi connectivity index (χ0v) is 24.9. The minimum Gasteiger partial charge on any atom is -0.404 e. The third-order valence-electron chi connectivity index (χ3n) is 9.03. The highest BCUT2D eigenvalue weighted by Gasteiger charge is 2.10. The van der Waals surface area contributed by atoms with Crippen LogP contribution in [-0.2, 0) is 0 Å². The summed E-state index contributed by atoms with van der Waals surface area (Å²) in [5.41, 5.74) is 12.7. The molecule has 0 bridgehead atoms. The molecule has 0 atom stereocenters. The van der Waals surface area contributed by atoms with Gasteiger partial charge < -0.3 is 5.73 Å². The van der Waals surface area contributed by atoms with E-state index in [1.165, 1.54) is 65.0 Å². The molecule has 0 aliphatic carbocycles. The summed E-state index contributed by atoms with van der Waals surface area (Å²) in [7, 11) is 0. The zero-order valence-electron chi connectivity index (χ0n) is 24.9. The standard InChI is InChI=1S/C44H31N/c1-29(31-19-20-33-26-35(22-21-32(33)25-31)38-16-8-10-30-9-2-3-11-37(30)38)17-18-36(28-45)34-23-24-43-41-14-5-4-12-39(41)40-13-6-7-15-42(40)44(43)27-34/h2-28H,1,45H2/b18-17-,36-28+. The number of hydrogen-bond acceptors (Lipinski definition) is 1. The summed E-state index contributed by atoms with van der Waals surface area (Å²) in [6.07, 6.45) is 5.82. The van der Waals surface area contributed by atoms with Crippen molar-refractivity contribution in [2.45, 2.75) is 0 Å². The summed E-state index contributed by atoms with van der Waals surface area (Å²) < 4.78 is 0. The predicted octanol–water partition coefficient (Wildman–Crippen LogP) is 11.7. The lowest BCUT2D eigenvalue weighted by Gasteiger charge is -2.12. The molecule has 0 saturated carbocycles. The van der Waals surface area contributed by atoms with E-state index in [-0.39, 0.29) is 0 Å². The Morgan fingerprint density at radius 1 is 0.444 bits per heavy atom. The number of hydrogen-bond donors (Lipinski definition) is 1. The number of fused-ring (bicyclic) bond motifs is 8. The Balaban J connectivity index is 1.11. The van der Waals surface area contributed by atoms with E-state index in [4.69, 9.17) is 5.73 Å². The van der Waals surface area contributed by atoms with Crippen LogP contribution in [0.3, 0.4) is 0 Å². The molecule has 8 aromatic rings. The van der Waals surface area contributed by atoms with E-state index in [9.17, 15) is 0 Å². The first-order chi connectivity index (χ1) is 22.2. The number of rotatable bonds is 5. The SMILES string of the molecule is C=C(/C=C\C(=C/N)c1ccc2c3ccccc3c3ccccc3c2c1)c1ccc2cc(-c3cccc4ccccc34)ccc2c1. The van der Waals surface area contributed by atoms with Crippen molar-refractivity contribution in [2.75, 3.05) is 0 Å². The number of nitrogens with two attached hydrogens (primary N) is 1. The van der Waals surface area contributed by atoms with Crippen LogP contribution >= 0.6 is 0 Å². The van der Waals surface area contributed by atoms with Crippen LogP contribution in [0.1, 0.15) is 11.1 Å². The maximum atomic E-state index is 6.21. The molecular weight excluding hydrogens is 542 g/mol. The van der Waals surface area contributed by atoms with Crippen LogP contribution in [0.15, 0.2) is 171 Å². The van der Waals surface area contributed by atoms with Gasteiger partial charge in [-0.05, 0) is 105 Å². The molecule has 1 heteroatoms. The molecule has 0 aromatic heterocycles. The topological polar surface area (TPSA) is 26.0 Å². The molecule has 0 heterocycles. The fourth-order valence-electron chi connectivity index (χ4n) is 6.71. The largest absolute Gasteiger partial charge is 0.404 e. The van der Waals surface area contributed by atoms with E-state index in [2.05, 4.69) is 164 Å². The second-order valence-electron chi connectivity index (χ2n) is 11.6. The van der Waals surface area contributed by atoms with Crippen molar-refractivity contribution < 1.29 is 0 Å². The number of benzene rings is 8. The second-order valence-corrected chi connectivity index (χ2v) is 11.6. The minimum absolute atomic E-state index is 0.937. The van der Waals surface area contributed by atoms with Gasteiger partial charge in [-0.15, -0.1) is 0 Å². The molecule has 0 fully saturated rings. The second kappa shape index (κ2) is 11.0. The van der Waals surface area contributed by atoms with Gasteiger partial charge in [-0.25, -0.2) is 0 Å². The monoisotopic (exact) mass is 573 g/mol. The molecule has 0 aliphatic rings. The summed E-state index contributed by atoms with van der Waals surface area (Å²) in [6.45, 7) is 4.40. The van der Waals surface area contributed by atoms with E-state index >= 15 is 0 Å². The van der Waals surface area contributed by atoms with Gasteiger partial charge in [-0.1, -0.05) is 146 Å². The van der Waals surface area contributed by atoms with Gasteiger partial charge in [0.15, 0.2) is 0 Å². The molecule has 2 N–H and O–H groups in total. The zero-order chi connectivity index (χ0) is 30.3. The molecule has 8 rings (SSSR count). The van der Waals surface area contributed by atoms with Crippen molar-refractivity contribution >= 4 is 65.0 Å². The summed E-state index contributed by atoms with van der Waals surface area (Å²) in [6, 6.07) is 52.3. The summed E-state index contributed by atoms with van der Waals surface area (Å²) >= 11 is 0. The highest BCUT2D eigenvalue weighted by molar-refractivity contribution is 6.25. The van der Waals surface area contributed by atoms with Gasteiger partial charge in [0.1, 0.15) is 0 Å². The van der Waals surface area contributed by atoms with Gasteiger partial charge in [0, 0.05) is 6.20 Å². The first-order valence-electron chi connectivity index (χ1n) is 15.3. The van der Waals surface area contributed by atoms with Gasteiger partial charge in [-0.2, -0.15) is 0 Å².